The van der Waals surface area contributed by atoms with Crippen molar-refractivity contribution in [1.29, 1.82) is 0 Å². The molecule has 0 unspecified atom stereocenters. The van der Waals surface area contributed by atoms with E-state index in [-0.39, 0.29) is 5.92 Å². The Bertz CT molecular complexity index is 654. The van der Waals surface area contributed by atoms with Crippen LogP contribution < -0.4 is 0 Å². The molecule has 154 valence electrons. The zero-order chi connectivity index (χ0) is 19.5. The first-order chi connectivity index (χ1) is 13.6. The lowest BCUT2D eigenvalue weighted by molar-refractivity contribution is -0.136. The van der Waals surface area contributed by atoms with Gasteiger partial charge in [-0.3, -0.25) is 14.6 Å². The molecule has 1 amide bonds. The molecule has 0 N–H and O–H groups in total. The molecule has 3 heterocycles. The minimum absolute atomic E-state index is 0.250. The lowest BCUT2D eigenvalue weighted by Gasteiger charge is -2.42. The summed E-state index contributed by atoms with van der Waals surface area (Å²) in [5, 5.41) is 0. The third-order valence-corrected chi connectivity index (χ3v) is 7.32. The second kappa shape index (κ2) is 8.96. The molecule has 0 radical (unpaired) electrons. The number of hydrogen-bond acceptors (Lipinski definition) is 3. The molecule has 0 saturated carbocycles. The van der Waals surface area contributed by atoms with Crippen molar-refractivity contribution in [3.63, 3.8) is 0 Å². The Morgan fingerprint density at radius 3 is 2.29 bits per heavy atom. The van der Waals surface area contributed by atoms with E-state index in [1.807, 2.05) is 0 Å². The van der Waals surface area contributed by atoms with Gasteiger partial charge < -0.3 is 4.90 Å². The van der Waals surface area contributed by atoms with Gasteiger partial charge in [-0.25, -0.2) is 0 Å². The van der Waals surface area contributed by atoms with Crippen LogP contribution in [-0.4, -0.2) is 65.9 Å². The highest BCUT2D eigenvalue weighted by Crippen LogP contribution is 2.27. The predicted octanol–water partition coefficient (Wildman–Crippen LogP) is 3.60. The van der Waals surface area contributed by atoms with Crippen LogP contribution in [0.4, 0.5) is 0 Å². The Balaban J connectivity index is 1.29. The third-order valence-electron chi connectivity index (χ3n) is 7.32. The Hall–Kier alpha value is -1.39. The van der Waals surface area contributed by atoms with E-state index in [9.17, 15) is 4.79 Å². The summed E-state index contributed by atoms with van der Waals surface area (Å²) in [4.78, 5) is 20.2. The number of carbonyl (C=O) groups excluding carboxylic acids is 1. The number of aryl methyl sites for hydroxylation is 2. The van der Waals surface area contributed by atoms with Crippen LogP contribution in [0.2, 0.25) is 0 Å². The van der Waals surface area contributed by atoms with Crippen molar-refractivity contribution in [2.24, 2.45) is 5.92 Å². The predicted molar refractivity (Wildman–Crippen MR) is 114 cm³/mol. The van der Waals surface area contributed by atoms with E-state index < -0.39 is 0 Å². The summed E-state index contributed by atoms with van der Waals surface area (Å²) in [6, 6.07) is 7.31. The fourth-order valence-electron chi connectivity index (χ4n) is 5.50. The number of piperidine rings is 2. The lowest BCUT2D eigenvalue weighted by Crippen LogP contribution is -2.51. The summed E-state index contributed by atoms with van der Waals surface area (Å²) >= 11 is 0. The summed E-state index contributed by atoms with van der Waals surface area (Å²) < 4.78 is 0. The maximum atomic E-state index is 12.8. The van der Waals surface area contributed by atoms with Crippen LogP contribution in [0.25, 0.3) is 0 Å². The fourth-order valence-corrected chi connectivity index (χ4v) is 5.50. The highest BCUT2D eigenvalue weighted by molar-refractivity contribution is 5.79. The fraction of sp³-hybridized carbons (Fsp3) is 0.708. The molecular weight excluding hydrogens is 346 g/mol. The van der Waals surface area contributed by atoms with E-state index in [4.69, 9.17) is 0 Å². The minimum atomic E-state index is 0.250. The summed E-state index contributed by atoms with van der Waals surface area (Å²) in [6.45, 7) is 12.1. The molecule has 1 atom stereocenters. The molecule has 0 spiro atoms. The van der Waals surface area contributed by atoms with Crippen LogP contribution in [0.5, 0.6) is 0 Å². The van der Waals surface area contributed by atoms with Gasteiger partial charge in [0, 0.05) is 32.2 Å². The quantitative estimate of drug-likeness (QED) is 0.795. The molecule has 4 rings (SSSR count). The minimum Gasteiger partial charge on any atom is -0.342 e. The largest absolute Gasteiger partial charge is 0.342 e. The van der Waals surface area contributed by atoms with E-state index in [0.29, 0.717) is 11.9 Å². The molecular formula is C24H37N3O. The van der Waals surface area contributed by atoms with E-state index in [0.717, 1.165) is 32.6 Å². The van der Waals surface area contributed by atoms with Crippen molar-refractivity contribution in [1.82, 2.24) is 14.7 Å². The highest BCUT2D eigenvalue weighted by Gasteiger charge is 2.34. The summed E-state index contributed by atoms with van der Waals surface area (Å²) in [5.41, 5.74) is 4.35. The Labute approximate surface area is 170 Å². The van der Waals surface area contributed by atoms with Crippen LogP contribution in [0.3, 0.4) is 0 Å². The van der Waals surface area contributed by atoms with Crippen molar-refractivity contribution < 1.29 is 4.79 Å². The second-order valence-corrected chi connectivity index (χ2v) is 9.24. The molecule has 28 heavy (non-hydrogen) atoms. The molecule has 3 fully saturated rings. The van der Waals surface area contributed by atoms with Crippen molar-refractivity contribution in [2.75, 3.05) is 39.3 Å². The first kappa shape index (κ1) is 19.9. The van der Waals surface area contributed by atoms with Crippen LogP contribution in [0.15, 0.2) is 18.2 Å². The van der Waals surface area contributed by atoms with Gasteiger partial charge in [-0.2, -0.15) is 0 Å². The number of rotatable bonds is 4. The molecule has 1 aromatic carbocycles. The van der Waals surface area contributed by atoms with E-state index in [1.54, 1.807) is 0 Å². The van der Waals surface area contributed by atoms with Crippen molar-refractivity contribution in [3.8, 4) is 0 Å². The van der Waals surface area contributed by atoms with Gasteiger partial charge in [-0.1, -0.05) is 18.2 Å². The SMILES string of the molecule is Cc1cccc(C)c1CN1CCC(N2CCC[C@H](C(=O)N3CCCC3)C2)CC1. The first-order valence-electron chi connectivity index (χ1n) is 11.4. The molecule has 3 aliphatic heterocycles. The van der Waals surface area contributed by atoms with Gasteiger partial charge in [0.2, 0.25) is 5.91 Å². The monoisotopic (exact) mass is 383 g/mol. The number of carbonyl (C=O) groups is 1. The van der Waals surface area contributed by atoms with Crippen molar-refractivity contribution >= 4 is 5.91 Å². The van der Waals surface area contributed by atoms with Gasteiger partial charge in [0.1, 0.15) is 0 Å². The van der Waals surface area contributed by atoms with Gasteiger partial charge in [0.25, 0.3) is 0 Å². The first-order valence-corrected chi connectivity index (χ1v) is 11.4. The van der Waals surface area contributed by atoms with Crippen molar-refractivity contribution in [2.45, 2.75) is 65.0 Å². The normalized spacial score (nSPS) is 25.4. The van der Waals surface area contributed by atoms with Gasteiger partial charge in [0.15, 0.2) is 0 Å². The molecule has 1 aromatic rings. The molecule has 0 aliphatic carbocycles. The van der Waals surface area contributed by atoms with Gasteiger partial charge in [-0.05, 0) is 88.7 Å². The topological polar surface area (TPSA) is 26.8 Å². The lowest BCUT2D eigenvalue weighted by atomic mass is 9.92. The molecule has 3 aliphatic rings. The van der Waals surface area contributed by atoms with E-state index in [2.05, 4.69) is 46.7 Å². The van der Waals surface area contributed by atoms with Crippen molar-refractivity contribution in [3.05, 3.63) is 34.9 Å². The maximum Gasteiger partial charge on any atom is 0.226 e. The van der Waals surface area contributed by atoms with Gasteiger partial charge in [0.05, 0.1) is 5.92 Å². The Morgan fingerprint density at radius 1 is 0.929 bits per heavy atom. The maximum absolute atomic E-state index is 12.8. The molecule has 0 aromatic heterocycles. The van der Waals surface area contributed by atoms with Gasteiger partial charge in [-0.15, -0.1) is 0 Å². The van der Waals surface area contributed by atoms with Crippen LogP contribution in [0.1, 0.15) is 55.2 Å². The van der Waals surface area contributed by atoms with Gasteiger partial charge >= 0.3 is 0 Å². The van der Waals surface area contributed by atoms with Crippen LogP contribution >= 0.6 is 0 Å². The highest BCUT2D eigenvalue weighted by atomic mass is 16.2. The Morgan fingerprint density at radius 2 is 1.61 bits per heavy atom. The van der Waals surface area contributed by atoms with E-state index in [1.165, 1.54) is 68.4 Å². The van der Waals surface area contributed by atoms with E-state index >= 15 is 0 Å². The zero-order valence-corrected chi connectivity index (χ0v) is 17.8. The number of benzene rings is 1. The second-order valence-electron chi connectivity index (χ2n) is 9.24. The number of amides is 1. The summed E-state index contributed by atoms with van der Waals surface area (Å²) in [5.74, 6) is 0.689. The summed E-state index contributed by atoms with van der Waals surface area (Å²) in [6.07, 6.45) is 7.16. The molecule has 4 heteroatoms. The number of likely N-dealkylation sites (tertiary alicyclic amines) is 3. The number of nitrogens with zero attached hydrogens (tertiary/aromatic N) is 3. The summed E-state index contributed by atoms with van der Waals surface area (Å²) in [7, 11) is 0. The standard InChI is InChI=1S/C24H37N3O/c1-19-7-5-8-20(2)23(19)18-25-15-10-22(11-16-25)27-14-6-9-21(17-27)24(28)26-12-3-4-13-26/h5,7-8,21-22H,3-4,6,9-18H2,1-2H3/t21-/m0/s1. The zero-order valence-electron chi connectivity index (χ0n) is 17.8. The molecule has 4 nitrogen and oxygen atoms in total. The average Bonchev–Trinajstić information content (AvgIpc) is 3.26. The smallest absolute Gasteiger partial charge is 0.226 e. The van der Waals surface area contributed by atoms with Crippen LogP contribution in [0, 0.1) is 19.8 Å². The van der Waals surface area contributed by atoms with Crippen LogP contribution in [-0.2, 0) is 11.3 Å². The Kier molecular flexibility index (Phi) is 6.37. The number of hydrogen-bond donors (Lipinski definition) is 0. The average molecular weight is 384 g/mol. The molecule has 0 bridgehead atoms. The third kappa shape index (κ3) is 4.44. The molecule has 3 saturated heterocycles.